The normalized spacial score (nSPS) is 16.4. The lowest BCUT2D eigenvalue weighted by molar-refractivity contribution is 0.249. The van der Waals surface area contributed by atoms with Gasteiger partial charge in [-0.05, 0) is 30.2 Å². The number of rotatable bonds is 3. The van der Waals surface area contributed by atoms with Crippen molar-refractivity contribution < 1.29 is 0 Å². The fourth-order valence-corrected chi connectivity index (χ4v) is 2.72. The highest BCUT2D eigenvalue weighted by Crippen LogP contribution is 2.17. The first-order chi connectivity index (χ1) is 9.83. The highest BCUT2D eigenvalue weighted by atomic mass is 15.3. The average molecular weight is 264 g/mol. The maximum absolute atomic E-state index is 6.02. The second-order valence-electron chi connectivity index (χ2n) is 5.30. The Balaban J connectivity index is 1.58. The van der Waals surface area contributed by atoms with E-state index in [4.69, 9.17) is 6.92 Å². The van der Waals surface area contributed by atoms with Crippen LogP contribution in [0.5, 0.6) is 0 Å². The third-order valence-corrected chi connectivity index (χ3v) is 3.94. The number of hydrogen-bond acceptors (Lipinski definition) is 2. The molecule has 0 atom stereocenters. The zero-order valence-electron chi connectivity index (χ0n) is 11.7. The standard InChI is InChI=1S/C18H20N2/c1-16-7-5-6-8-17(16)15-19-11-13-20(14-12-19)18-9-3-2-4-10-18/h1-10H,11-15H2. The van der Waals surface area contributed by atoms with Gasteiger partial charge in [0, 0.05) is 38.4 Å². The number of benzene rings is 2. The van der Waals surface area contributed by atoms with E-state index in [0.29, 0.717) is 0 Å². The molecule has 1 saturated heterocycles. The van der Waals surface area contributed by atoms with Gasteiger partial charge >= 0.3 is 0 Å². The summed E-state index contributed by atoms with van der Waals surface area (Å²) in [5, 5.41) is 0. The minimum Gasteiger partial charge on any atom is -0.369 e. The monoisotopic (exact) mass is 264 g/mol. The van der Waals surface area contributed by atoms with Gasteiger partial charge in [-0.1, -0.05) is 42.5 Å². The van der Waals surface area contributed by atoms with Crippen LogP contribution < -0.4 is 4.90 Å². The van der Waals surface area contributed by atoms with Gasteiger partial charge in [0.1, 0.15) is 0 Å². The topological polar surface area (TPSA) is 6.48 Å². The number of hydrogen-bond donors (Lipinski definition) is 0. The van der Waals surface area contributed by atoms with E-state index in [1.807, 2.05) is 12.1 Å². The molecule has 1 aliphatic heterocycles. The largest absolute Gasteiger partial charge is 0.369 e. The first kappa shape index (κ1) is 13.2. The summed E-state index contributed by atoms with van der Waals surface area (Å²) in [7, 11) is 0. The van der Waals surface area contributed by atoms with Crippen molar-refractivity contribution in [1.29, 1.82) is 0 Å². The van der Waals surface area contributed by atoms with Gasteiger partial charge in [-0.3, -0.25) is 4.90 Å². The lowest BCUT2D eigenvalue weighted by atomic mass is 10.1. The summed E-state index contributed by atoms with van der Waals surface area (Å²) < 4.78 is 0. The molecule has 3 rings (SSSR count). The molecule has 0 amide bonds. The Labute approximate surface area is 121 Å². The molecule has 2 heteroatoms. The second-order valence-corrected chi connectivity index (χ2v) is 5.30. The average Bonchev–Trinajstić information content (AvgIpc) is 2.51. The molecule has 0 aromatic heterocycles. The highest BCUT2D eigenvalue weighted by molar-refractivity contribution is 5.46. The Morgan fingerprint density at radius 3 is 2.15 bits per heavy atom. The molecular weight excluding hydrogens is 244 g/mol. The molecular formula is C18H20N2. The predicted octanol–water partition coefficient (Wildman–Crippen LogP) is 3.07. The summed E-state index contributed by atoms with van der Waals surface area (Å²) in [6.45, 7) is 11.3. The molecule has 2 nitrogen and oxygen atoms in total. The number of nitrogens with zero attached hydrogens (tertiary/aromatic N) is 2. The zero-order chi connectivity index (χ0) is 13.8. The van der Waals surface area contributed by atoms with Crippen LogP contribution in [-0.2, 0) is 6.54 Å². The van der Waals surface area contributed by atoms with E-state index in [1.54, 1.807) is 0 Å². The fraction of sp³-hybridized carbons (Fsp3) is 0.278. The van der Waals surface area contributed by atoms with Gasteiger partial charge in [0.15, 0.2) is 0 Å². The predicted molar refractivity (Wildman–Crippen MR) is 83.8 cm³/mol. The molecule has 102 valence electrons. The Bertz CT molecular complexity index is 542. The van der Waals surface area contributed by atoms with Crippen molar-refractivity contribution in [3.63, 3.8) is 0 Å². The maximum Gasteiger partial charge on any atom is 0.0367 e. The maximum atomic E-state index is 6.02. The summed E-state index contributed by atoms with van der Waals surface area (Å²) in [6.07, 6.45) is 0. The van der Waals surface area contributed by atoms with Gasteiger partial charge < -0.3 is 4.90 Å². The van der Waals surface area contributed by atoms with Crippen molar-refractivity contribution in [3.05, 3.63) is 72.6 Å². The van der Waals surface area contributed by atoms with E-state index in [1.165, 1.54) is 11.3 Å². The lowest BCUT2D eigenvalue weighted by Crippen LogP contribution is -2.46. The highest BCUT2D eigenvalue weighted by Gasteiger charge is 2.17. The van der Waals surface area contributed by atoms with Crippen molar-refractivity contribution in [3.8, 4) is 0 Å². The van der Waals surface area contributed by atoms with Crippen LogP contribution >= 0.6 is 0 Å². The minimum atomic E-state index is 0.901. The van der Waals surface area contributed by atoms with Crippen molar-refractivity contribution in [2.45, 2.75) is 6.54 Å². The van der Waals surface area contributed by atoms with Gasteiger partial charge in [-0.2, -0.15) is 0 Å². The summed E-state index contributed by atoms with van der Waals surface area (Å²) in [5.74, 6) is 0. The summed E-state index contributed by atoms with van der Waals surface area (Å²) >= 11 is 0. The van der Waals surface area contributed by atoms with E-state index in [0.717, 1.165) is 38.3 Å². The lowest BCUT2D eigenvalue weighted by Gasteiger charge is -2.36. The number of anilines is 1. The van der Waals surface area contributed by atoms with Crippen LogP contribution in [0, 0.1) is 6.92 Å². The molecule has 0 spiro atoms. The quantitative estimate of drug-likeness (QED) is 0.840. The molecule has 2 aromatic rings. The van der Waals surface area contributed by atoms with E-state index < -0.39 is 0 Å². The number of piperazine rings is 1. The molecule has 1 heterocycles. The number of para-hydroxylation sites is 1. The third kappa shape index (κ3) is 3.02. The van der Waals surface area contributed by atoms with Crippen molar-refractivity contribution in [1.82, 2.24) is 4.90 Å². The van der Waals surface area contributed by atoms with Crippen LogP contribution in [0.15, 0.2) is 54.6 Å². The smallest absolute Gasteiger partial charge is 0.0367 e. The molecule has 0 saturated carbocycles. The Hall–Kier alpha value is -1.80. The van der Waals surface area contributed by atoms with Crippen LogP contribution in [-0.4, -0.2) is 31.1 Å². The SMILES string of the molecule is [CH]c1ccccc1CN1CCN(c2ccccc2)CC1. The van der Waals surface area contributed by atoms with Crippen LogP contribution in [0.1, 0.15) is 11.1 Å². The Morgan fingerprint density at radius 2 is 1.45 bits per heavy atom. The van der Waals surface area contributed by atoms with Crippen molar-refractivity contribution in [2.24, 2.45) is 0 Å². The van der Waals surface area contributed by atoms with Crippen molar-refractivity contribution >= 4 is 5.69 Å². The third-order valence-electron chi connectivity index (χ3n) is 3.94. The van der Waals surface area contributed by atoms with Crippen LogP contribution in [0.3, 0.4) is 0 Å². The van der Waals surface area contributed by atoms with Gasteiger partial charge in [0.05, 0.1) is 0 Å². The first-order valence-electron chi connectivity index (χ1n) is 7.19. The Kier molecular flexibility index (Phi) is 4.03. The molecule has 0 unspecified atom stereocenters. The van der Waals surface area contributed by atoms with E-state index >= 15 is 0 Å². The summed E-state index contributed by atoms with van der Waals surface area (Å²) in [5.41, 5.74) is 3.46. The van der Waals surface area contributed by atoms with Gasteiger partial charge in [0.2, 0.25) is 0 Å². The minimum absolute atomic E-state index is 0.901. The van der Waals surface area contributed by atoms with E-state index in [9.17, 15) is 0 Å². The van der Waals surface area contributed by atoms with Crippen LogP contribution in [0.2, 0.25) is 0 Å². The molecule has 0 aliphatic carbocycles. The molecule has 1 fully saturated rings. The second kappa shape index (κ2) is 6.10. The van der Waals surface area contributed by atoms with Crippen LogP contribution in [0.25, 0.3) is 0 Å². The van der Waals surface area contributed by atoms with Gasteiger partial charge in [0.25, 0.3) is 0 Å². The zero-order valence-corrected chi connectivity index (χ0v) is 11.7. The molecule has 20 heavy (non-hydrogen) atoms. The van der Waals surface area contributed by atoms with Gasteiger partial charge in [-0.25, -0.2) is 0 Å². The van der Waals surface area contributed by atoms with Gasteiger partial charge in [-0.15, -0.1) is 0 Å². The molecule has 2 aromatic carbocycles. The molecule has 2 radical (unpaired) electrons. The summed E-state index contributed by atoms with van der Waals surface area (Å²) in [4.78, 5) is 4.93. The van der Waals surface area contributed by atoms with Crippen molar-refractivity contribution in [2.75, 3.05) is 31.1 Å². The molecule has 0 bridgehead atoms. The Morgan fingerprint density at radius 1 is 0.800 bits per heavy atom. The van der Waals surface area contributed by atoms with E-state index in [2.05, 4.69) is 52.3 Å². The van der Waals surface area contributed by atoms with Crippen LogP contribution in [0.4, 0.5) is 5.69 Å². The molecule has 1 aliphatic rings. The van der Waals surface area contributed by atoms with E-state index in [-0.39, 0.29) is 0 Å². The summed E-state index contributed by atoms with van der Waals surface area (Å²) in [6, 6.07) is 18.8. The fourth-order valence-electron chi connectivity index (χ4n) is 2.72. The molecule has 0 N–H and O–H groups in total. The first-order valence-corrected chi connectivity index (χ1v) is 7.19.